The minimum absolute atomic E-state index is 0.331. The number of benzene rings is 1. The molecule has 15 heavy (non-hydrogen) atoms. The maximum atomic E-state index is 9.48. The van der Waals surface area contributed by atoms with E-state index in [-0.39, 0.29) is 0 Å². The van der Waals surface area contributed by atoms with Crippen molar-refractivity contribution in [2.75, 3.05) is 18.0 Å². The summed E-state index contributed by atoms with van der Waals surface area (Å²) in [5.74, 6) is 0.687. The lowest BCUT2D eigenvalue weighted by Crippen LogP contribution is -2.30. The van der Waals surface area contributed by atoms with Crippen LogP contribution in [0.4, 0.5) is 5.69 Å². The number of aromatic hydroxyl groups is 1. The predicted molar refractivity (Wildman–Crippen MR) is 62.4 cm³/mol. The smallest absolute Gasteiger partial charge is 0.116 e. The van der Waals surface area contributed by atoms with E-state index in [2.05, 4.69) is 18.7 Å². The van der Waals surface area contributed by atoms with E-state index in [1.54, 1.807) is 6.07 Å². The van der Waals surface area contributed by atoms with Crippen molar-refractivity contribution >= 4 is 5.69 Å². The highest BCUT2D eigenvalue weighted by Crippen LogP contribution is 2.38. The summed E-state index contributed by atoms with van der Waals surface area (Å²) < 4.78 is 0. The number of phenols is 1. The Labute approximate surface area is 90.5 Å². The molecule has 0 saturated heterocycles. The van der Waals surface area contributed by atoms with Crippen LogP contribution in [0.3, 0.4) is 0 Å². The van der Waals surface area contributed by atoms with Crippen molar-refractivity contribution in [2.24, 2.45) is 5.73 Å². The summed E-state index contributed by atoms with van der Waals surface area (Å²) >= 11 is 0. The van der Waals surface area contributed by atoms with Crippen molar-refractivity contribution in [3.63, 3.8) is 0 Å². The molecule has 0 amide bonds. The molecular formula is C12H18N2O. The van der Waals surface area contributed by atoms with Gasteiger partial charge < -0.3 is 15.7 Å². The van der Waals surface area contributed by atoms with Crippen molar-refractivity contribution in [1.82, 2.24) is 0 Å². The molecule has 0 aliphatic carbocycles. The highest BCUT2D eigenvalue weighted by Gasteiger charge is 2.29. The van der Waals surface area contributed by atoms with Gasteiger partial charge in [-0.3, -0.25) is 0 Å². The average Bonchev–Trinajstić information content (AvgIpc) is 2.55. The van der Waals surface area contributed by atoms with Gasteiger partial charge in [-0.2, -0.15) is 0 Å². The van der Waals surface area contributed by atoms with Gasteiger partial charge in [0.05, 0.1) is 0 Å². The van der Waals surface area contributed by atoms with Crippen LogP contribution in [0.15, 0.2) is 18.2 Å². The highest BCUT2D eigenvalue weighted by atomic mass is 16.3. The number of hydrogen-bond donors (Lipinski definition) is 2. The molecule has 1 aromatic carbocycles. The van der Waals surface area contributed by atoms with Gasteiger partial charge >= 0.3 is 0 Å². The van der Waals surface area contributed by atoms with E-state index in [1.165, 1.54) is 11.3 Å². The van der Waals surface area contributed by atoms with Crippen LogP contribution in [0.25, 0.3) is 0 Å². The standard InChI is InChI=1S/C12H18N2O/c1-8(2)14-7-9(6-13)11-5-10(15)3-4-12(11)14/h3-5,8-9,15H,6-7,13H2,1-2H3. The second-order valence-corrected chi connectivity index (χ2v) is 4.42. The molecule has 2 rings (SSSR count). The van der Waals surface area contributed by atoms with Gasteiger partial charge in [0, 0.05) is 30.7 Å². The third-order valence-corrected chi connectivity index (χ3v) is 3.09. The van der Waals surface area contributed by atoms with Gasteiger partial charge in [0.1, 0.15) is 5.75 Å². The van der Waals surface area contributed by atoms with E-state index in [4.69, 9.17) is 5.73 Å². The first-order valence-electron chi connectivity index (χ1n) is 5.43. The Morgan fingerprint density at radius 2 is 2.27 bits per heavy atom. The maximum absolute atomic E-state index is 9.48. The highest BCUT2D eigenvalue weighted by molar-refractivity contribution is 5.62. The number of anilines is 1. The van der Waals surface area contributed by atoms with Gasteiger partial charge in [-0.1, -0.05) is 0 Å². The van der Waals surface area contributed by atoms with E-state index in [9.17, 15) is 5.11 Å². The van der Waals surface area contributed by atoms with Crippen LogP contribution < -0.4 is 10.6 Å². The van der Waals surface area contributed by atoms with E-state index in [0.29, 0.717) is 24.3 Å². The van der Waals surface area contributed by atoms with Crippen LogP contribution >= 0.6 is 0 Å². The first-order chi connectivity index (χ1) is 7.13. The van der Waals surface area contributed by atoms with Crippen molar-refractivity contribution in [3.8, 4) is 5.75 Å². The first kappa shape index (κ1) is 10.3. The quantitative estimate of drug-likeness (QED) is 0.773. The fourth-order valence-corrected chi connectivity index (χ4v) is 2.26. The summed E-state index contributed by atoms with van der Waals surface area (Å²) in [5, 5.41) is 9.48. The Morgan fingerprint density at radius 3 is 2.87 bits per heavy atom. The van der Waals surface area contributed by atoms with E-state index >= 15 is 0 Å². The van der Waals surface area contributed by atoms with Crippen molar-refractivity contribution < 1.29 is 5.11 Å². The summed E-state index contributed by atoms with van der Waals surface area (Å²) in [7, 11) is 0. The molecular weight excluding hydrogens is 188 g/mol. The number of fused-ring (bicyclic) bond motifs is 1. The summed E-state index contributed by atoms with van der Waals surface area (Å²) in [5.41, 5.74) is 8.16. The number of nitrogens with two attached hydrogens (primary N) is 1. The van der Waals surface area contributed by atoms with Gasteiger partial charge in [0.2, 0.25) is 0 Å². The molecule has 1 aliphatic heterocycles. The Hall–Kier alpha value is -1.22. The molecule has 0 bridgehead atoms. The lowest BCUT2D eigenvalue weighted by Gasteiger charge is -2.24. The van der Waals surface area contributed by atoms with Gasteiger partial charge in [0.15, 0.2) is 0 Å². The summed E-state index contributed by atoms with van der Waals surface area (Å²) in [6, 6.07) is 6.05. The van der Waals surface area contributed by atoms with E-state index in [1.807, 2.05) is 12.1 Å². The van der Waals surface area contributed by atoms with Gasteiger partial charge in [-0.15, -0.1) is 0 Å². The maximum Gasteiger partial charge on any atom is 0.116 e. The average molecular weight is 206 g/mol. The van der Waals surface area contributed by atoms with Crippen LogP contribution in [0.5, 0.6) is 5.75 Å². The molecule has 3 heteroatoms. The Morgan fingerprint density at radius 1 is 1.53 bits per heavy atom. The van der Waals surface area contributed by atoms with Gasteiger partial charge in [-0.05, 0) is 37.6 Å². The van der Waals surface area contributed by atoms with Crippen LogP contribution in [-0.4, -0.2) is 24.2 Å². The predicted octanol–water partition coefficient (Wildman–Crippen LogP) is 1.66. The molecule has 0 radical (unpaired) electrons. The SMILES string of the molecule is CC(C)N1CC(CN)c2cc(O)ccc21. The second kappa shape index (κ2) is 3.74. The summed E-state index contributed by atoms with van der Waals surface area (Å²) in [6.07, 6.45) is 0. The Balaban J connectivity index is 2.43. The Kier molecular flexibility index (Phi) is 2.57. The lowest BCUT2D eigenvalue weighted by atomic mass is 10.0. The molecule has 0 aromatic heterocycles. The molecule has 0 spiro atoms. The molecule has 0 fully saturated rings. The number of phenolic OH excluding ortho intramolecular Hbond substituents is 1. The minimum Gasteiger partial charge on any atom is -0.508 e. The number of hydrogen-bond acceptors (Lipinski definition) is 3. The summed E-state index contributed by atoms with van der Waals surface area (Å²) in [6.45, 7) is 5.96. The van der Waals surface area contributed by atoms with E-state index in [0.717, 1.165) is 6.54 Å². The molecule has 3 nitrogen and oxygen atoms in total. The molecule has 1 aromatic rings. The monoisotopic (exact) mass is 206 g/mol. The summed E-state index contributed by atoms with van der Waals surface area (Å²) in [4.78, 5) is 2.34. The van der Waals surface area contributed by atoms with Crippen molar-refractivity contribution in [2.45, 2.75) is 25.8 Å². The minimum atomic E-state index is 0.331. The molecule has 1 unspecified atom stereocenters. The lowest BCUT2D eigenvalue weighted by molar-refractivity contribution is 0.474. The number of rotatable bonds is 2. The largest absolute Gasteiger partial charge is 0.508 e. The molecule has 3 N–H and O–H groups in total. The fourth-order valence-electron chi connectivity index (χ4n) is 2.26. The zero-order valence-corrected chi connectivity index (χ0v) is 9.27. The van der Waals surface area contributed by atoms with E-state index < -0.39 is 0 Å². The normalized spacial score (nSPS) is 19.7. The van der Waals surface area contributed by atoms with Gasteiger partial charge in [0.25, 0.3) is 0 Å². The third kappa shape index (κ3) is 1.67. The van der Waals surface area contributed by atoms with Gasteiger partial charge in [-0.25, -0.2) is 0 Å². The van der Waals surface area contributed by atoms with Crippen molar-refractivity contribution in [3.05, 3.63) is 23.8 Å². The Bertz CT molecular complexity index is 363. The van der Waals surface area contributed by atoms with Crippen molar-refractivity contribution in [1.29, 1.82) is 0 Å². The van der Waals surface area contributed by atoms with Crippen LogP contribution in [0.2, 0.25) is 0 Å². The molecule has 0 saturated carbocycles. The van der Waals surface area contributed by atoms with Crippen LogP contribution in [0, 0.1) is 0 Å². The molecule has 82 valence electrons. The molecule has 1 atom stereocenters. The molecule has 1 aliphatic rings. The fraction of sp³-hybridized carbons (Fsp3) is 0.500. The number of nitrogens with zero attached hydrogens (tertiary/aromatic N) is 1. The van der Waals surface area contributed by atoms with Crippen LogP contribution in [0.1, 0.15) is 25.3 Å². The third-order valence-electron chi connectivity index (χ3n) is 3.09. The topological polar surface area (TPSA) is 49.5 Å². The second-order valence-electron chi connectivity index (χ2n) is 4.42. The van der Waals surface area contributed by atoms with Crippen LogP contribution in [-0.2, 0) is 0 Å². The first-order valence-corrected chi connectivity index (χ1v) is 5.43. The zero-order chi connectivity index (χ0) is 11.0. The zero-order valence-electron chi connectivity index (χ0n) is 9.27. The molecule has 1 heterocycles.